The molecule has 0 bridgehead atoms. The van der Waals surface area contributed by atoms with E-state index in [0.29, 0.717) is 0 Å². The van der Waals surface area contributed by atoms with Crippen LogP contribution in [0.4, 0.5) is 0 Å². The Kier molecular flexibility index (Phi) is 6.06. The van der Waals surface area contributed by atoms with E-state index in [9.17, 15) is 4.79 Å². The molecule has 1 aliphatic carbocycles. The van der Waals surface area contributed by atoms with E-state index in [0.717, 1.165) is 44.1 Å². The summed E-state index contributed by atoms with van der Waals surface area (Å²) in [5.41, 5.74) is 1.06. The molecule has 1 unspecified atom stereocenters. The molecule has 3 nitrogen and oxygen atoms in total. The standard InChI is InChI=1S/C17H24O3/c1-2-9-16(14-10-5-3-6-11-14)19-20-17(18)15-12-7-4-8-13-15/h3,5-6,10-11,15-16H,2,4,7-9,12-13H2,1H3. The largest absolute Gasteiger partial charge is 0.345 e. The molecule has 1 saturated carbocycles. The highest BCUT2D eigenvalue weighted by Gasteiger charge is 2.24. The zero-order chi connectivity index (χ0) is 14.2. The molecule has 1 atom stereocenters. The Labute approximate surface area is 121 Å². The molecule has 0 spiro atoms. The van der Waals surface area contributed by atoms with Gasteiger partial charge in [0.2, 0.25) is 0 Å². The van der Waals surface area contributed by atoms with Crippen LogP contribution in [0.5, 0.6) is 0 Å². The zero-order valence-electron chi connectivity index (χ0n) is 12.2. The molecule has 3 heteroatoms. The summed E-state index contributed by atoms with van der Waals surface area (Å²) in [6.07, 6.45) is 7.02. The minimum atomic E-state index is -0.193. The molecule has 110 valence electrons. The fraction of sp³-hybridized carbons (Fsp3) is 0.588. The van der Waals surface area contributed by atoms with Gasteiger partial charge in [-0.25, -0.2) is 4.79 Å². The lowest BCUT2D eigenvalue weighted by atomic mass is 9.89. The van der Waals surface area contributed by atoms with E-state index < -0.39 is 0 Å². The summed E-state index contributed by atoms with van der Waals surface area (Å²) in [7, 11) is 0. The van der Waals surface area contributed by atoms with Gasteiger partial charge in [0.05, 0.1) is 5.92 Å². The summed E-state index contributed by atoms with van der Waals surface area (Å²) in [6, 6.07) is 9.94. The first-order valence-electron chi connectivity index (χ1n) is 7.73. The predicted octanol–water partition coefficient (Wildman–Crippen LogP) is 4.58. The van der Waals surface area contributed by atoms with Gasteiger partial charge in [0.1, 0.15) is 6.10 Å². The topological polar surface area (TPSA) is 35.5 Å². The van der Waals surface area contributed by atoms with Gasteiger partial charge in [-0.1, -0.05) is 62.9 Å². The lowest BCUT2D eigenvalue weighted by Gasteiger charge is -2.21. The van der Waals surface area contributed by atoms with Crippen molar-refractivity contribution >= 4 is 5.97 Å². The van der Waals surface area contributed by atoms with E-state index in [1.165, 1.54) is 6.42 Å². The number of hydrogen-bond donors (Lipinski definition) is 0. The van der Waals surface area contributed by atoms with Gasteiger partial charge >= 0.3 is 5.97 Å². The average molecular weight is 276 g/mol. The van der Waals surface area contributed by atoms with Crippen LogP contribution < -0.4 is 0 Å². The summed E-state index contributed by atoms with van der Waals surface area (Å²) in [5.74, 6) is -0.163. The quantitative estimate of drug-likeness (QED) is 0.563. The highest BCUT2D eigenvalue weighted by Crippen LogP contribution is 2.27. The fourth-order valence-electron chi connectivity index (χ4n) is 2.71. The number of carbonyl (C=O) groups excluding carboxylic acids is 1. The van der Waals surface area contributed by atoms with E-state index in [1.54, 1.807) is 0 Å². The van der Waals surface area contributed by atoms with Crippen LogP contribution in [0.25, 0.3) is 0 Å². The van der Waals surface area contributed by atoms with Crippen molar-refractivity contribution in [1.82, 2.24) is 0 Å². The van der Waals surface area contributed by atoms with Crippen LogP contribution in [0.1, 0.15) is 63.5 Å². The van der Waals surface area contributed by atoms with E-state index in [-0.39, 0.29) is 18.0 Å². The summed E-state index contributed by atoms with van der Waals surface area (Å²) < 4.78 is 0. The third-order valence-corrected chi connectivity index (χ3v) is 3.91. The van der Waals surface area contributed by atoms with Crippen LogP contribution in [0.15, 0.2) is 30.3 Å². The molecule has 0 radical (unpaired) electrons. The lowest BCUT2D eigenvalue weighted by Crippen LogP contribution is -2.21. The number of hydrogen-bond acceptors (Lipinski definition) is 3. The van der Waals surface area contributed by atoms with Gasteiger partial charge in [0.15, 0.2) is 0 Å². The van der Waals surface area contributed by atoms with E-state index >= 15 is 0 Å². The molecule has 0 amide bonds. The van der Waals surface area contributed by atoms with Crippen molar-refractivity contribution in [3.8, 4) is 0 Å². The molecule has 2 rings (SSSR count). The molecule has 0 saturated heterocycles. The highest BCUT2D eigenvalue weighted by molar-refractivity contribution is 5.71. The second-order valence-corrected chi connectivity index (χ2v) is 5.52. The van der Waals surface area contributed by atoms with Gasteiger partial charge in [0, 0.05) is 0 Å². The van der Waals surface area contributed by atoms with Crippen LogP contribution in [-0.4, -0.2) is 5.97 Å². The van der Waals surface area contributed by atoms with Crippen molar-refractivity contribution in [3.63, 3.8) is 0 Å². The average Bonchev–Trinajstić information content (AvgIpc) is 2.53. The molecular weight excluding hydrogens is 252 g/mol. The fourth-order valence-corrected chi connectivity index (χ4v) is 2.71. The van der Waals surface area contributed by atoms with E-state index in [2.05, 4.69) is 6.92 Å². The second-order valence-electron chi connectivity index (χ2n) is 5.52. The molecule has 1 aromatic carbocycles. The number of rotatable bonds is 6. The molecule has 0 aromatic heterocycles. The molecule has 20 heavy (non-hydrogen) atoms. The summed E-state index contributed by atoms with van der Waals surface area (Å²) in [4.78, 5) is 22.5. The van der Waals surface area contributed by atoms with Gasteiger partial charge in [0.25, 0.3) is 0 Å². The van der Waals surface area contributed by atoms with Gasteiger partial charge in [-0.15, -0.1) is 0 Å². The Morgan fingerprint density at radius 1 is 1.20 bits per heavy atom. The van der Waals surface area contributed by atoms with Crippen molar-refractivity contribution in [2.75, 3.05) is 0 Å². The Bertz CT molecular complexity index is 396. The Balaban J connectivity index is 1.87. The maximum atomic E-state index is 12.0. The maximum Gasteiger partial charge on any atom is 0.345 e. The normalized spacial score (nSPS) is 17.6. The molecule has 1 fully saturated rings. The lowest BCUT2D eigenvalue weighted by molar-refractivity contribution is -0.305. The molecule has 1 aromatic rings. The summed E-state index contributed by atoms with van der Waals surface area (Å²) in [6.45, 7) is 2.10. The van der Waals surface area contributed by atoms with Gasteiger partial charge in [-0.2, -0.15) is 4.89 Å². The Hall–Kier alpha value is -1.35. The molecular formula is C17H24O3. The molecule has 1 aliphatic rings. The van der Waals surface area contributed by atoms with Gasteiger partial charge in [-0.3, -0.25) is 4.89 Å². The van der Waals surface area contributed by atoms with Crippen molar-refractivity contribution < 1.29 is 14.6 Å². The first kappa shape index (κ1) is 15.0. The van der Waals surface area contributed by atoms with Crippen molar-refractivity contribution in [2.24, 2.45) is 5.92 Å². The van der Waals surface area contributed by atoms with Crippen molar-refractivity contribution in [3.05, 3.63) is 35.9 Å². The van der Waals surface area contributed by atoms with Crippen LogP contribution in [0.2, 0.25) is 0 Å². The zero-order valence-corrected chi connectivity index (χ0v) is 12.2. The Morgan fingerprint density at radius 2 is 1.90 bits per heavy atom. The predicted molar refractivity (Wildman–Crippen MR) is 77.8 cm³/mol. The van der Waals surface area contributed by atoms with Crippen molar-refractivity contribution in [1.29, 1.82) is 0 Å². The third kappa shape index (κ3) is 4.34. The van der Waals surface area contributed by atoms with Crippen LogP contribution in [-0.2, 0) is 14.6 Å². The van der Waals surface area contributed by atoms with Crippen LogP contribution in [0.3, 0.4) is 0 Å². The summed E-state index contributed by atoms with van der Waals surface area (Å²) in [5, 5.41) is 0. The van der Waals surface area contributed by atoms with E-state index in [1.807, 2.05) is 30.3 Å². The van der Waals surface area contributed by atoms with Gasteiger partial charge < -0.3 is 0 Å². The van der Waals surface area contributed by atoms with E-state index in [4.69, 9.17) is 9.78 Å². The monoisotopic (exact) mass is 276 g/mol. The smallest absolute Gasteiger partial charge is 0.297 e. The summed E-state index contributed by atoms with van der Waals surface area (Å²) >= 11 is 0. The molecule has 0 heterocycles. The van der Waals surface area contributed by atoms with Gasteiger partial charge in [-0.05, 0) is 24.8 Å². The SMILES string of the molecule is CCCC(OOC(=O)C1CCCCC1)c1ccccc1. The minimum absolute atomic E-state index is 0.0294. The second kappa shape index (κ2) is 8.05. The molecule has 0 N–H and O–H groups in total. The maximum absolute atomic E-state index is 12.0. The van der Waals surface area contributed by atoms with Crippen molar-refractivity contribution in [2.45, 2.75) is 58.0 Å². The third-order valence-electron chi connectivity index (χ3n) is 3.91. The molecule has 0 aliphatic heterocycles. The number of benzene rings is 1. The number of carbonyl (C=O) groups is 1. The first-order valence-corrected chi connectivity index (χ1v) is 7.73. The van der Waals surface area contributed by atoms with Crippen LogP contribution in [0, 0.1) is 5.92 Å². The first-order chi connectivity index (χ1) is 9.81. The highest BCUT2D eigenvalue weighted by atomic mass is 17.2. The minimum Gasteiger partial charge on any atom is -0.297 e. The van der Waals surface area contributed by atoms with Crippen LogP contribution >= 0.6 is 0 Å². The Morgan fingerprint density at radius 3 is 2.55 bits per heavy atom.